The molecule has 2 aromatic rings. The Kier molecular flexibility index (Phi) is 4.34. The zero-order chi connectivity index (χ0) is 17.3. The van der Waals surface area contributed by atoms with Gasteiger partial charge in [0.1, 0.15) is 5.82 Å². The molecule has 24 heavy (non-hydrogen) atoms. The lowest BCUT2D eigenvalue weighted by Crippen LogP contribution is -2.40. The molecule has 3 rings (SSSR count). The highest BCUT2D eigenvalue weighted by molar-refractivity contribution is 6.05. The van der Waals surface area contributed by atoms with Crippen molar-refractivity contribution in [1.29, 1.82) is 0 Å². The number of benzene rings is 2. The van der Waals surface area contributed by atoms with Crippen LogP contribution in [0.25, 0.3) is 0 Å². The molecule has 0 spiro atoms. The Morgan fingerprint density at radius 2 is 1.88 bits per heavy atom. The monoisotopic (exact) mass is 326 g/mol. The standard InChI is InChI=1S/C19H19FN2O2/c1-13-10-18(23)21(2)16-8-3-4-9-17(16)22(13)19(24)12-14-6-5-7-15(20)11-14/h3-9,11,13H,10,12H2,1-2H3. The van der Waals surface area contributed by atoms with Crippen molar-refractivity contribution >= 4 is 23.2 Å². The number of rotatable bonds is 2. The summed E-state index contributed by atoms with van der Waals surface area (Å²) < 4.78 is 13.4. The van der Waals surface area contributed by atoms with Crippen molar-refractivity contribution in [2.24, 2.45) is 0 Å². The van der Waals surface area contributed by atoms with Crippen LogP contribution in [0.4, 0.5) is 15.8 Å². The minimum Gasteiger partial charge on any atom is -0.313 e. The third kappa shape index (κ3) is 3.02. The first-order chi connectivity index (χ1) is 11.5. The molecule has 4 nitrogen and oxygen atoms in total. The molecule has 1 atom stereocenters. The van der Waals surface area contributed by atoms with Crippen molar-refractivity contribution in [3.63, 3.8) is 0 Å². The van der Waals surface area contributed by atoms with Gasteiger partial charge in [-0.2, -0.15) is 0 Å². The van der Waals surface area contributed by atoms with E-state index < -0.39 is 0 Å². The van der Waals surface area contributed by atoms with Crippen LogP contribution in [-0.2, 0) is 16.0 Å². The van der Waals surface area contributed by atoms with Crippen LogP contribution in [0.2, 0.25) is 0 Å². The fraction of sp³-hybridized carbons (Fsp3) is 0.263. The van der Waals surface area contributed by atoms with Crippen LogP contribution in [0, 0.1) is 5.82 Å². The molecule has 2 amide bonds. The van der Waals surface area contributed by atoms with Crippen LogP contribution in [0.3, 0.4) is 0 Å². The van der Waals surface area contributed by atoms with Crippen molar-refractivity contribution < 1.29 is 14.0 Å². The molecule has 1 aliphatic heterocycles. The summed E-state index contributed by atoms with van der Waals surface area (Å²) in [6.45, 7) is 1.86. The number of halogens is 1. The maximum Gasteiger partial charge on any atom is 0.231 e. The Morgan fingerprint density at radius 3 is 2.58 bits per heavy atom. The van der Waals surface area contributed by atoms with Crippen molar-refractivity contribution in [3.05, 3.63) is 59.9 Å². The number of carbonyl (C=O) groups excluding carboxylic acids is 2. The van der Waals surface area contributed by atoms with Crippen LogP contribution in [-0.4, -0.2) is 24.9 Å². The fourth-order valence-electron chi connectivity index (χ4n) is 3.09. The van der Waals surface area contributed by atoms with E-state index in [2.05, 4.69) is 0 Å². The van der Waals surface area contributed by atoms with E-state index in [1.54, 1.807) is 29.0 Å². The van der Waals surface area contributed by atoms with E-state index in [1.165, 1.54) is 12.1 Å². The summed E-state index contributed by atoms with van der Waals surface area (Å²) in [5.74, 6) is -0.542. The number of hydrogen-bond donors (Lipinski definition) is 0. The smallest absolute Gasteiger partial charge is 0.231 e. The maximum atomic E-state index is 13.4. The summed E-state index contributed by atoms with van der Waals surface area (Å²) in [5, 5.41) is 0. The number of amides is 2. The van der Waals surface area contributed by atoms with E-state index in [0.29, 0.717) is 16.9 Å². The number of carbonyl (C=O) groups is 2. The van der Waals surface area contributed by atoms with E-state index >= 15 is 0 Å². The van der Waals surface area contributed by atoms with Crippen LogP contribution in [0.1, 0.15) is 18.9 Å². The SMILES string of the molecule is CC1CC(=O)N(C)c2ccccc2N1C(=O)Cc1cccc(F)c1. The van der Waals surface area contributed by atoms with Gasteiger partial charge in [-0.05, 0) is 36.8 Å². The first-order valence-electron chi connectivity index (χ1n) is 7.89. The van der Waals surface area contributed by atoms with E-state index in [0.717, 1.165) is 0 Å². The topological polar surface area (TPSA) is 40.6 Å². The zero-order valence-electron chi connectivity index (χ0n) is 13.7. The molecular weight excluding hydrogens is 307 g/mol. The highest BCUT2D eigenvalue weighted by Gasteiger charge is 2.32. The van der Waals surface area contributed by atoms with E-state index in [9.17, 15) is 14.0 Å². The lowest BCUT2D eigenvalue weighted by Gasteiger charge is -2.28. The third-order valence-electron chi connectivity index (χ3n) is 4.30. The van der Waals surface area contributed by atoms with Gasteiger partial charge in [0.05, 0.1) is 17.8 Å². The van der Waals surface area contributed by atoms with Gasteiger partial charge in [-0.15, -0.1) is 0 Å². The quantitative estimate of drug-likeness (QED) is 0.850. The molecule has 0 aromatic heterocycles. The molecule has 1 heterocycles. The van der Waals surface area contributed by atoms with Gasteiger partial charge in [0.15, 0.2) is 0 Å². The van der Waals surface area contributed by atoms with Gasteiger partial charge in [0, 0.05) is 19.5 Å². The third-order valence-corrected chi connectivity index (χ3v) is 4.30. The molecule has 124 valence electrons. The first kappa shape index (κ1) is 16.2. The minimum absolute atomic E-state index is 0.0315. The van der Waals surface area contributed by atoms with Gasteiger partial charge in [0.25, 0.3) is 0 Å². The number of nitrogens with zero attached hydrogens (tertiary/aromatic N) is 2. The van der Waals surface area contributed by atoms with E-state index in [1.807, 2.05) is 31.2 Å². The molecule has 0 saturated heterocycles. The second-order valence-electron chi connectivity index (χ2n) is 6.07. The van der Waals surface area contributed by atoms with E-state index in [-0.39, 0.29) is 36.5 Å². The highest BCUT2D eigenvalue weighted by atomic mass is 19.1. The summed E-state index contributed by atoms with van der Waals surface area (Å²) >= 11 is 0. The second kappa shape index (κ2) is 6.43. The number of fused-ring (bicyclic) bond motifs is 1. The molecular formula is C19H19FN2O2. The van der Waals surface area contributed by atoms with Crippen molar-refractivity contribution in [2.75, 3.05) is 16.8 Å². The van der Waals surface area contributed by atoms with Crippen molar-refractivity contribution in [3.8, 4) is 0 Å². The molecule has 1 aliphatic rings. The summed E-state index contributed by atoms with van der Waals surface area (Å²) in [4.78, 5) is 28.4. The fourth-order valence-corrected chi connectivity index (χ4v) is 3.09. The largest absolute Gasteiger partial charge is 0.313 e. The highest BCUT2D eigenvalue weighted by Crippen LogP contribution is 2.34. The molecule has 2 aromatic carbocycles. The summed E-state index contributed by atoms with van der Waals surface area (Å²) in [6.07, 6.45) is 0.342. The lowest BCUT2D eigenvalue weighted by atomic mass is 10.1. The second-order valence-corrected chi connectivity index (χ2v) is 6.07. The Labute approximate surface area is 140 Å². The van der Waals surface area contributed by atoms with Gasteiger partial charge < -0.3 is 9.80 Å². The number of hydrogen-bond acceptors (Lipinski definition) is 2. The normalized spacial score (nSPS) is 17.5. The van der Waals surface area contributed by atoms with Crippen molar-refractivity contribution in [1.82, 2.24) is 0 Å². The maximum absolute atomic E-state index is 13.4. The Hall–Kier alpha value is -2.69. The minimum atomic E-state index is -0.362. The van der Waals surface area contributed by atoms with Crippen LogP contribution >= 0.6 is 0 Å². The molecule has 1 unspecified atom stereocenters. The number of anilines is 2. The molecule has 0 saturated carbocycles. The molecule has 0 N–H and O–H groups in total. The van der Waals surface area contributed by atoms with Gasteiger partial charge in [-0.3, -0.25) is 9.59 Å². The molecule has 0 fully saturated rings. The molecule has 0 aliphatic carbocycles. The predicted molar refractivity (Wildman–Crippen MR) is 91.5 cm³/mol. The zero-order valence-corrected chi connectivity index (χ0v) is 13.7. The Morgan fingerprint density at radius 1 is 1.17 bits per heavy atom. The molecule has 0 radical (unpaired) electrons. The van der Waals surface area contributed by atoms with Crippen LogP contribution in [0.5, 0.6) is 0 Å². The van der Waals surface area contributed by atoms with Crippen LogP contribution < -0.4 is 9.80 Å². The molecule has 0 bridgehead atoms. The van der Waals surface area contributed by atoms with Gasteiger partial charge in [0.2, 0.25) is 11.8 Å². The van der Waals surface area contributed by atoms with Gasteiger partial charge in [-0.25, -0.2) is 4.39 Å². The molecule has 5 heteroatoms. The summed E-state index contributed by atoms with van der Waals surface area (Å²) in [5.41, 5.74) is 2.04. The van der Waals surface area contributed by atoms with E-state index in [4.69, 9.17) is 0 Å². The van der Waals surface area contributed by atoms with Crippen molar-refractivity contribution in [2.45, 2.75) is 25.8 Å². The average Bonchev–Trinajstić information content (AvgIpc) is 2.63. The van der Waals surface area contributed by atoms with Gasteiger partial charge in [-0.1, -0.05) is 24.3 Å². The average molecular weight is 326 g/mol. The van der Waals surface area contributed by atoms with Crippen LogP contribution in [0.15, 0.2) is 48.5 Å². The Bertz CT molecular complexity index is 790. The van der Waals surface area contributed by atoms with Gasteiger partial charge >= 0.3 is 0 Å². The predicted octanol–water partition coefficient (Wildman–Crippen LogP) is 3.16. The summed E-state index contributed by atoms with van der Waals surface area (Å²) in [7, 11) is 1.72. The summed E-state index contributed by atoms with van der Waals surface area (Å²) in [6, 6.07) is 13.1. The first-order valence-corrected chi connectivity index (χ1v) is 7.89. The number of para-hydroxylation sites is 2. The lowest BCUT2D eigenvalue weighted by molar-refractivity contribution is -0.119. The Balaban J connectivity index is 1.97.